The third kappa shape index (κ3) is 5.47. The minimum absolute atomic E-state index is 0.319. The van der Waals surface area contributed by atoms with Gasteiger partial charge in [0.15, 0.2) is 0 Å². The van der Waals surface area contributed by atoms with Crippen LogP contribution in [0.3, 0.4) is 0 Å². The zero-order chi connectivity index (χ0) is 17.3. The van der Waals surface area contributed by atoms with Crippen molar-refractivity contribution in [1.29, 1.82) is 0 Å². The molecule has 3 aromatic rings. The molecule has 0 aliphatic rings. The first-order valence-electron chi connectivity index (χ1n) is 8.79. The molecule has 1 aromatic heterocycles. The molecule has 0 saturated carbocycles. The Morgan fingerprint density at radius 3 is 2.60 bits per heavy atom. The molecule has 1 unspecified atom stereocenters. The highest BCUT2D eigenvalue weighted by Gasteiger charge is 2.05. The van der Waals surface area contributed by atoms with Crippen molar-refractivity contribution >= 4 is 0 Å². The molecule has 0 spiro atoms. The molecule has 1 atom stereocenters. The van der Waals surface area contributed by atoms with Gasteiger partial charge in [-0.2, -0.15) is 0 Å². The fraction of sp³-hybridized carbons (Fsp3) is 0.286. The number of aromatic amines is 1. The average molecular weight is 335 g/mol. The Balaban J connectivity index is 1.41. The summed E-state index contributed by atoms with van der Waals surface area (Å²) in [5.74, 6) is 1.95. The van der Waals surface area contributed by atoms with E-state index >= 15 is 0 Å². The van der Waals surface area contributed by atoms with Crippen molar-refractivity contribution in [1.82, 2.24) is 15.3 Å². The molecular formula is C21H25N3O. The van der Waals surface area contributed by atoms with E-state index in [1.54, 1.807) is 6.20 Å². The highest BCUT2D eigenvalue weighted by molar-refractivity contribution is 5.29. The van der Waals surface area contributed by atoms with Crippen LogP contribution in [0.15, 0.2) is 67.0 Å². The molecule has 0 amide bonds. The van der Waals surface area contributed by atoms with Crippen LogP contribution < -0.4 is 10.1 Å². The van der Waals surface area contributed by atoms with Crippen LogP contribution in [0.5, 0.6) is 5.75 Å². The number of ether oxygens (including phenoxy) is 1. The molecule has 0 bridgehead atoms. The predicted octanol–water partition coefficient (Wildman–Crippen LogP) is 4.27. The van der Waals surface area contributed by atoms with Crippen molar-refractivity contribution in [2.45, 2.75) is 32.4 Å². The molecule has 2 N–H and O–H groups in total. The van der Waals surface area contributed by atoms with Gasteiger partial charge in [-0.25, -0.2) is 4.98 Å². The van der Waals surface area contributed by atoms with E-state index in [0.29, 0.717) is 12.6 Å². The summed E-state index contributed by atoms with van der Waals surface area (Å²) in [6.07, 6.45) is 5.70. The van der Waals surface area contributed by atoms with Crippen molar-refractivity contribution < 1.29 is 4.74 Å². The van der Waals surface area contributed by atoms with Gasteiger partial charge in [-0.3, -0.25) is 0 Å². The Morgan fingerprint density at radius 1 is 1.08 bits per heavy atom. The first-order valence-corrected chi connectivity index (χ1v) is 8.79. The third-order valence-corrected chi connectivity index (χ3v) is 4.22. The van der Waals surface area contributed by atoms with Crippen LogP contribution in [-0.2, 0) is 13.0 Å². The number of hydrogen-bond acceptors (Lipinski definition) is 3. The van der Waals surface area contributed by atoms with Gasteiger partial charge in [0, 0.05) is 24.9 Å². The van der Waals surface area contributed by atoms with Gasteiger partial charge in [0.25, 0.3) is 0 Å². The lowest BCUT2D eigenvalue weighted by Crippen LogP contribution is -2.20. The number of aromatic nitrogens is 2. The number of hydrogen-bond donors (Lipinski definition) is 2. The average Bonchev–Trinajstić information content (AvgIpc) is 3.18. The summed E-state index contributed by atoms with van der Waals surface area (Å²) in [4.78, 5) is 7.38. The van der Waals surface area contributed by atoms with Crippen molar-refractivity contribution in [3.63, 3.8) is 0 Å². The Labute approximate surface area is 149 Å². The maximum Gasteiger partial charge on any atom is 0.119 e. The summed E-state index contributed by atoms with van der Waals surface area (Å²) in [7, 11) is 0. The minimum Gasteiger partial charge on any atom is -0.489 e. The Bertz CT molecular complexity index is 724. The third-order valence-electron chi connectivity index (χ3n) is 4.22. The summed E-state index contributed by atoms with van der Waals surface area (Å²) >= 11 is 0. The molecule has 4 nitrogen and oxygen atoms in total. The maximum atomic E-state index is 5.84. The van der Waals surface area contributed by atoms with Crippen LogP contribution >= 0.6 is 0 Å². The summed E-state index contributed by atoms with van der Waals surface area (Å²) in [5.41, 5.74) is 2.45. The predicted molar refractivity (Wildman–Crippen MR) is 101 cm³/mol. The van der Waals surface area contributed by atoms with Crippen molar-refractivity contribution in [2.75, 3.05) is 6.54 Å². The molecule has 1 heterocycles. The lowest BCUT2D eigenvalue weighted by atomic mass is 10.1. The number of nitrogens with zero attached hydrogens (tertiary/aromatic N) is 1. The van der Waals surface area contributed by atoms with Gasteiger partial charge in [-0.1, -0.05) is 42.5 Å². The van der Waals surface area contributed by atoms with Crippen LogP contribution in [0.1, 0.15) is 36.3 Å². The van der Waals surface area contributed by atoms with Gasteiger partial charge in [-0.15, -0.1) is 0 Å². The molecule has 0 aliphatic carbocycles. The zero-order valence-corrected chi connectivity index (χ0v) is 14.6. The van der Waals surface area contributed by atoms with Crippen molar-refractivity contribution in [3.8, 4) is 5.75 Å². The Kier molecular flexibility index (Phi) is 6.23. The van der Waals surface area contributed by atoms with Gasteiger partial charge in [0.2, 0.25) is 0 Å². The Morgan fingerprint density at radius 2 is 1.88 bits per heavy atom. The van der Waals surface area contributed by atoms with E-state index in [9.17, 15) is 0 Å². The van der Waals surface area contributed by atoms with Gasteiger partial charge < -0.3 is 15.0 Å². The van der Waals surface area contributed by atoms with E-state index in [2.05, 4.69) is 46.5 Å². The van der Waals surface area contributed by atoms with Crippen molar-refractivity contribution in [3.05, 3.63) is 83.9 Å². The smallest absolute Gasteiger partial charge is 0.119 e. The standard InChI is InChI=1S/C21H25N3O/c1-17(22-13-5-8-21-23-14-15-24-21)19-9-11-20(12-10-19)25-16-18-6-3-2-4-7-18/h2-4,6-7,9-12,14-15,17,22H,5,8,13,16H2,1H3,(H,23,24). The van der Waals surface area contributed by atoms with Gasteiger partial charge >= 0.3 is 0 Å². The quantitative estimate of drug-likeness (QED) is 0.574. The lowest BCUT2D eigenvalue weighted by Gasteiger charge is -2.15. The highest BCUT2D eigenvalue weighted by Crippen LogP contribution is 2.18. The number of benzene rings is 2. The molecule has 2 aromatic carbocycles. The first kappa shape index (κ1) is 17.2. The lowest BCUT2D eigenvalue weighted by molar-refractivity contribution is 0.306. The van der Waals surface area contributed by atoms with E-state index in [-0.39, 0.29) is 0 Å². The second-order valence-corrected chi connectivity index (χ2v) is 6.16. The number of nitrogens with one attached hydrogen (secondary N) is 2. The zero-order valence-electron chi connectivity index (χ0n) is 14.6. The van der Waals surface area contributed by atoms with Crippen LogP contribution in [-0.4, -0.2) is 16.5 Å². The maximum absolute atomic E-state index is 5.84. The molecular weight excluding hydrogens is 310 g/mol. The number of imidazole rings is 1. The normalized spacial score (nSPS) is 12.0. The summed E-state index contributed by atoms with van der Waals surface area (Å²) < 4.78 is 5.84. The molecule has 4 heteroatoms. The number of H-pyrrole nitrogens is 1. The van der Waals surface area contributed by atoms with Crippen LogP contribution in [0.2, 0.25) is 0 Å². The highest BCUT2D eigenvalue weighted by atomic mass is 16.5. The van der Waals surface area contributed by atoms with E-state index in [1.165, 1.54) is 11.1 Å². The second kappa shape index (κ2) is 9.04. The minimum atomic E-state index is 0.319. The van der Waals surface area contributed by atoms with E-state index in [4.69, 9.17) is 4.74 Å². The van der Waals surface area contributed by atoms with E-state index in [1.807, 2.05) is 36.5 Å². The molecule has 0 aliphatic heterocycles. The molecule has 25 heavy (non-hydrogen) atoms. The fourth-order valence-electron chi connectivity index (χ4n) is 2.72. The van der Waals surface area contributed by atoms with Crippen LogP contribution in [0, 0.1) is 0 Å². The first-order chi connectivity index (χ1) is 12.3. The largest absolute Gasteiger partial charge is 0.489 e. The van der Waals surface area contributed by atoms with Crippen LogP contribution in [0.4, 0.5) is 0 Å². The van der Waals surface area contributed by atoms with Crippen molar-refractivity contribution in [2.24, 2.45) is 0 Å². The van der Waals surface area contributed by atoms with Gasteiger partial charge in [0.05, 0.1) is 0 Å². The summed E-state index contributed by atoms with van der Waals surface area (Å²) in [6, 6.07) is 18.9. The molecule has 0 fully saturated rings. The number of aryl methyl sites for hydroxylation is 1. The van der Waals surface area contributed by atoms with E-state index in [0.717, 1.165) is 31.0 Å². The topological polar surface area (TPSA) is 49.9 Å². The van der Waals surface area contributed by atoms with Crippen LogP contribution in [0.25, 0.3) is 0 Å². The SMILES string of the molecule is CC(NCCCc1ncc[nH]1)c1ccc(OCc2ccccc2)cc1. The Hall–Kier alpha value is -2.59. The van der Waals surface area contributed by atoms with Gasteiger partial charge in [-0.05, 0) is 43.1 Å². The molecule has 3 rings (SSSR count). The monoisotopic (exact) mass is 335 g/mol. The summed E-state index contributed by atoms with van der Waals surface area (Å²) in [5, 5.41) is 3.56. The molecule has 130 valence electrons. The number of rotatable bonds is 9. The summed E-state index contributed by atoms with van der Waals surface area (Å²) in [6.45, 7) is 3.75. The van der Waals surface area contributed by atoms with E-state index < -0.39 is 0 Å². The molecule has 0 saturated heterocycles. The molecule has 0 radical (unpaired) electrons. The van der Waals surface area contributed by atoms with Gasteiger partial charge in [0.1, 0.15) is 18.2 Å². The fourth-order valence-corrected chi connectivity index (χ4v) is 2.72. The second-order valence-electron chi connectivity index (χ2n) is 6.16.